The molecule has 1 saturated carbocycles. The van der Waals surface area contributed by atoms with Crippen molar-refractivity contribution in [1.82, 2.24) is 4.72 Å². The molecule has 3 aliphatic rings. The molecule has 25 heavy (non-hydrogen) atoms. The Hall–Kier alpha value is -1.34. The lowest BCUT2D eigenvalue weighted by Gasteiger charge is -2.49. The van der Waals surface area contributed by atoms with E-state index in [4.69, 9.17) is 9.47 Å². The van der Waals surface area contributed by atoms with Gasteiger partial charge in [0.15, 0.2) is 11.5 Å². The van der Waals surface area contributed by atoms with Crippen molar-refractivity contribution in [3.05, 3.63) is 23.3 Å². The average Bonchev–Trinajstić information content (AvgIpc) is 2.91. The van der Waals surface area contributed by atoms with E-state index in [0.29, 0.717) is 30.3 Å². The number of ether oxygens (including phenoxy) is 2. The third-order valence-electron chi connectivity index (χ3n) is 6.16. The van der Waals surface area contributed by atoms with Crippen LogP contribution in [0.15, 0.2) is 12.1 Å². The number of benzene rings is 1. The van der Waals surface area contributed by atoms with E-state index in [0.717, 1.165) is 31.1 Å². The first-order valence-electron chi connectivity index (χ1n) is 8.82. The van der Waals surface area contributed by atoms with E-state index >= 15 is 0 Å². The number of alkyl halides is 1. The molecule has 1 N–H and O–H groups in total. The summed E-state index contributed by atoms with van der Waals surface area (Å²) in [6.45, 7) is 0.290. The molecule has 0 saturated heterocycles. The molecular weight excluding hydrogens is 345 g/mol. The van der Waals surface area contributed by atoms with Gasteiger partial charge in [0, 0.05) is 17.5 Å². The minimum Gasteiger partial charge on any atom is -0.493 e. The molecule has 5 nitrogen and oxygen atoms in total. The molecule has 1 heterocycles. The first-order chi connectivity index (χ1) is 11.9. The van der Waals surface area contributed by atoms with Gasteiger partial charge in [0.25, 0.3) is 0 Å². The summed E-state index contributed by atoms with van der Waals surface area (Å²) in [6.07, 6.45) is 3.35. The average molecular weight is 369 g/mol. The summed E-state index contributed by atoms with van der Waals surface area (Å²) in [5.74, 6) is 1.61. The predicted molar refractivity (Wildman–Crippen MR) is 92.5 cm³/mol. The van der Waals surface area contributed by atoms with Gasteiger partial charge < -0.3 is 9.47 Å². The zero-order chi connectivity index (χ0) is 17.8. The third-order valence-corrected chi connectivity index (χ3v) is 6.89. The van der Waals surface area contributed by atoms with Crippen LogP contribution in [-0.2, 0) is 21.9 Å². The molecule has 1 aliphatic heterocycles. The summed E-state index contributed by atoms with van der Waals surface area (Å²) in [7, 11) is -1.69. The van der Waals surface area contributed by atoms with Gasteiger partial charge in [-0.05, 0) is 49.7 Å². The molecule has 0 radical (unpaired) electrons. The molecule has 4 atom stereocenters. The van der Waals surface area contributed by atoms with E-state index in [-0.39, 0.29) is 6.54 Å². The number of nitrogens with one attached hydrogen (secondary N) is 1. The van der Waals surface area contributed by atoms with E-state index in [1.807, 2.05) is 12.1 Å². The monoisotopic (exact) mass is 369 g/mol. The van der Waals surface area contributed by atoms with Crippen LogP contribution in [0.25, 0.3) is 0 Å². The molecule has 1 aromatic rings. The summed E-state index contributed by atoms with van der Waals surface area (Å²) in [4.78, 5) is 0. The maximum absolute atomic E-state index is 14.9. The minimum absolute atomic E-state index is 0.290. The van der Waals surface area contributed by atoms with Gasteiger partial charge in [-0.2, -0.15) is 0 Å². The molecule has 0 aromatic heterocycles. The van der Waals surface area contributed by atoms with Crippen LogP contribution in [0.5, 0.6) is 11.5 Å². The van der Waals surface area contributed by atoms with Gasteiger partial charge in [-0.15, -0.1) is 0 Å². The van der Waals surface area contributed by atoms with Crippen molar-refractivity contribution in [2.75, 3.05) is 19.9 Å². The summed E-state index contributed by atoms with van der Waals surface area (Å²) in [5, 5.41) is 0. The Morgan fingerprint density at radius 1 is 1.36 bits per heavy atom. The van der Waals surface area contributed by atoms with Crippen molar-refractivity contribution in [2.24, 2.45) is 5.92 Å². The fourth-order valence-electron chi connectivity index (χ4n) is 5.22. The van der Waals surface area contributed by atoms with E-state index in [1.54, 1.807) is 7.11 Å². The molecule has 138 valence electrons. The lowest BCUT2D eigenvalue weighted by atomic mass is 9.55. The SMILES string of the molecule is COc1ccc2c3c1O[C@@H]1C(F)CCC(CC2)[C@]31CCNS(C)(=O)=O. The van der Waals surface area contributed by atoms with Crippen LogP contribution in [0.3, 0.4) is 0 Å². The summed E-state index contributed by atoms with van der Waals surface area (Å²) >= 11 is 0. The smallest absolute Gasteiger partial charge is 0.208 e. The van der Waals surface area contributed by atoms with Gasteiger partial charge in [0.05, 0.1) is 13.4 Å². The van der Waals surface area contributed by atoms with Crippen LogP contribution in [0, 0.1) is 5.92 Å². The second-order valence-corrected chi connectivity index (χ2v) is 9.29. The Bertz CT molecular complexity index is 797. The van der Waals surface area contributed by atoms with Gasteiger partial charge in [0.2, 0.25) is 10.0 Å². The van der Waals surface area contributed by atoms with Crippen molar-refractivity contribution in [3.8, 4) is 11.5 Å². The molecule has 0 bridgehead atoms. The van der Waals surface area contributed by atoms with Gasteiger partial charge in [-0.1, -0.05) is 6.07 Å². The van der Waals surface area contributed by atoms with Gasteiger partial charge in [-0.3, -0.25) is 0 Å². The maximum atomic E-state index is 14.9. The standard InChI is InChI=1S/C18H24FNO4S/c1-23-14-8-4-11-3-5-12-6-7-13(19)17-18(12,15(11)16(14)24-17)9-10-20-25(2,21)22/h4,8,12-13,17,20H,3,5-7,9-10H2,1-2H3/t12?,13?,17-,18-/m1/s1. The van der Waals surface area contributed by atoms with Gasteiger partial charge >= 0.3 is 0 Å². The molecule has 7 heteroatoms. The second kappa shape index (κ2) is 5.84. The third kappa shape index (κ3) is 2.54. The number of rotatable bonds is 5. The first-order valence-corrected chi connectivity index (χ1v) is 10.7. The van der Waals surface area contributed by atoms with Crippen LogP contribution in [-0.4, -0.2) is 40.6 Å². The van der Waals surface area contributed by atoms with E-state index in [9.17, 15) is 12.8 Å². The molecule has 1 fully saturated rings. The van der Waals surface area contributed by atoms with E-state index in [2.05, 4.69) is 4.72 Å². The number of hydrogen-bond acceptors (Lipinski definition) is 4. The predicted octanol–water partition coefficient (Wildman–Crippen LogP) is 2.33. The summed E-state index contributed by atoms with van der Waals surface area (Å²) in [6, 6.07) is 3.94. The molecule has 0 spiro atoms. The van der Waals surface area contributed by atoms with Crippen molar-refractivity contribution in [1.29, 1.82) is 0 Å². The highest BCUT2D eigenvalue weighted by atomic mass is 32.2. The molecule has 0 amide bonds. The largest absolute Gasteiger partial charge is 0.493 e. The Morgan fingerprint density at radius 2 is 2.16 bits per heavy atom. The van der Waals surface area contributed by atoms with Gasteiger partial charge in [-0.25, -0.2) is 17.5 Å². The lowest BCUT2D eigenvalue weighted by Crippen LogP contribution is -2.55. The summed E-state index contributed by atoms with van der Waals surface area (Å²) in [5.41, 5.74) is 1.78. The quantitative estimate of drug-likeness (QED) is 0.865. The first kappa shape index (κ1) is 17.1. The van der Waals surface area contributed by atoms with Crippen molar-refractivity contribution >= 4 is 10.0 Å². The van der Waals surface area contributed by atoms with E-state index < -0.39 is 27.7 Å². The number of hydrogen-bond donors (Lipinski definition) is 1. The van der Waals surface area contributed by atoms with Crippen LogP contribution in [0.2, 0.25) is 0 Å². The molecular formula is C18H24FNO4S. The van der Waals surface area contributed by atoms with Crippen LogP contribution >= 0.6 is 0 Å². The second-order valence-electron chi connectivity index (χ2n) is 7.46. The van der Waals surface area contributed by atoms with E-state index in [1.165, 1.54) is 5.56 Å². The zero-order valence-corrected chi connectivity index (χ0v) is 15.4. The summed E-state index contributed by atoms with van der Waals surface area (Å²) < 4.78 is 52.0. The highest BCUT2D eigenvalue weighted by Gasteiger charge is 2.61. The normalized spacial score (nSPS) is 32.8. The van der Waals surface area contributed by atoms with Gasteiger partial charge in [0.1, 0.15) is 12.3 Å². The van der Waals surface area contributed by atoms with Crippen LogP contribution in [0.1, 0.15) is 36.8 Å². The van der Waals surface area contributed by atoms with Crippen LogP contribution in [0.4, 0.5) is 4.39 Å². The topological polar surface area (TPSA) is 64.6 Å². The molecule has 4 rings (SSSR count). The fourth-order valence-corrected chi connectivity index (χ4v) is 5.70. The Morgan fingerprint density at radius 3 is 2.88 bits per heavy atom. The van der Waals surface area contributed by atoms with Crippen molar-refractivity contribution in [3.63, 3.8) is 0 Å². The Balaban J connectivity index is 1.81. The molecule has 1 aromatic carbocycles. The molecule has 2 unspecified atom stereocenters. The lowest BCUT2D eigenvalue weighted by molar-refractivity contribution is -0.0215. The highest BCUT2D eigenvalue weighted by molar-refractivity contribution is 7.88. The van der Waals surface area contributed by atoms with Crippen molar-refractivity contribution < 1.29 is 22.3 Å². The number of sulfonamides is 1. The number of halogens is 1. The maximum Gasteiger partial charge on any atom is 0.208 e. The Labute approximate surface area is 147 Å². The molecule has 2 aliphatic carbocycles. The zero-order valence-electron chi connectivity index (χ0n) is 14.5. The Kier molecular flexibility index (Phi) is 3.99. The highest BCUT2D eigenvalue weighted by Crippen LogP contribution is 2.62. The van der Waals surface area contributed by atoms with Crippen molar-refractivity contribution in [2.45, 2.75) is 49.8 Å². The number of methoxy groups -OCH3 is 1. The fraction of sp³-hybridized carbons (Fsp3) is 0.667. The number of aryl methyl sites for hydroxylation is 1. The minimum atomic E-state index is -3.28. The van der Waals surface area contributed by atoms with Crippen LogP contribution < -0.4 is 14.2 Å².